The van der Waals surface area contributed by atoms with Gasteiger partial charge in [0.2, 0.25) is 0 Å². The Hall–Kier alpha value is -3.10. The van der Waals surface area contributed by atoms with Crippen LogP contribution in [0.5, 0.6) is 5.75 Å². The number of carbonyl (C=O) groups is 1. The zero-order valence-electron chi connectivity index (χ0n) is 15.3. The molecule has 0 saturated carbocycles. The summed E-state index contributed by atoms with van der Waals surface area (Å²) in [5.74, 6) is -0.187. The predicted molar refractivity (Wildman–Crippen MR) is 97.1 cm³/mol. The lowest BCUT2D eigenvalue weighted by Gasteiger charge is -2.10. The highest BCUT2D eigenvalue weighted by molar-refractivity contribution is 5.96. The molecule has 0 radical (unpaired) electrons. The van der Waals surface area contributed by atoms with Crippen LogP contribution in [0, 0.1) is 0 Å². The number of halogens is 3. The average Bonchev–Trinajstić information content (AvgIpc) is 3.08. The van der Waals surface area contributed by atoms with Gasteiger partial charge in [0, 0.05) is 24.2 Å². The number of benzene rings is 1. The zero-order chi connectivity index (χ0) is 20.3. The smallest absolute Gasteiger partial charge is 0.422 e. The van der Waals surface area contributed by atoms with E-state index in [0.717, 1.165) is 10.9 Å². The third-order valence-corrected chi connectivity index (χ3v) is 3.96. The minimum absolute atomic E-state index is 0.115. The lowest BCUT2D eigenvalue weighted by Crippen LogP contribution is -2.23. The van der Waals surface area contributed by atoms with Gasteiger partial charge in [0.25, 0.3) is 5.91 Å². The topological polar surface area (TPSA) is 69.0 Å². The molecule has 2 aromatic heterocycles. The molecule has 0 spiro atoms. The van der Waals surface area contributed by atoms with E-state index < -0.39 is 12.8 Å². The fourth-order valence-corrected chi connectivity index (χ4v) is 2.60. The van der Waals surface area contributed by atoms with Crippen molar-refractivity contribution >= 4 is 16.9 Å². The molecule has 0 bridgehead atoms. The van der Waals surface area contributed by atoms with Crippen molar-refractivity contribution in [2.75, 3.05) is 6.61 Å². The molecule has 148 valence electrons. The highest BCUT2D eigenvalue weighted by Crippen LogP contribution is 2.19. The SMILES string of the molecule is CC(C)n1ncc2cc(C(=O)NCc3ccc(OCC(F)(F)F)cc3)cnc21. The highest BCUT2D eigenvalue weighted by Gasteiger charge is 2.28. The van der Waals surface area contributed by atoms with Crippen LogP contribution in [-0.4, -0.2) is 33.5 Å². The predicted octanol–water partition coefficient (Wildman–Crippen LogP) is 3.88. The van der Waals surface area contributed by atoms with E-state index in [9.17, 15) is 18.0 Å². The summed E-state index contributed by atoms with van der Waals surface area (Å²) in [6.07, 6.45) is -1.22. The van der Waals surface area contributed by atoms with E-state index in [2.05, 4.69) is 20.1 Å². The largest absolute Gasteiger partial charge is 0.484 e. The van der Waals surface area contributed by atoms with Crippen molar-refractivity contribution < 1.29 is 22.7 Å². The fourth-order valence-electron chi connectivity index (χ4n) is 2.60. The molecule has 1 amide bonds. The molecule has 0 aliphatic carbocycles. The van der Waals surface area contributed by atoms with Crippen LogP contribution in [0.15, 0.2) is 42.7 Å². The average molecular weight is 392 g/mol. The number of alkyl halides is 3. The van der Waals surface area contributed by atoms with Gasteiger partial charge in [-0.15, -0.1) is 0 Å². The van der Waals surface area contributed by atoms with Crippen molar-refractivity contribution in [1.82, 2.24) is 20.1 Å². The van der Waals surface area contributed by atoms with Gasteiger partial charge in [0.1, 0.15) is 5.75 Å². The summed E-state index contributed by atoms with van der Waals surface area (Å²) < 4.78 is 42.9. The Labute approximate surface area is 159 Å². The molecule has 0 aliphatic heterocycles. The molecule has 0 fully saturated rings. The highest BCUT2D eigenvalue weighted by atomic mass is 19.4. The number of pyridine rings is 1. The second kappa shape index (κ2) is 7.87. The molecule has 9 heteroatoms. The van der Waals surface area contributed by atoms with Crippen molar-refractivity contribution in [3.05, 3.63) is 53.9 Å². The van der Waals surface area contributed by atoms with E-state index in [1.165, 1.54) is 18.3 Å². The maximum Gasteiger partial charge on any atom is 0.422 e. The third kappa shape index (κ3) is 4.79. The molecular weight excluding hydrogens is 373 g/mol. The minimum atomic E-state index is -4.38. The van der Waals surface area contributed by atoms with Crippen LogP contribution < -0.4 is 10.1 Å². The van der Waals surface area contributed by atoms with Gasteiger partial charge in [-0.05, 0) is 37.6 Å². The molecule has 28 heavy (non-hydrogen) atoms. The summed E-state index contributed by atoms with van der Waals surface area (Å²) in [7, 11) is 0. The Kier molecular flexibility index (Phi) is 5.53. The van der Waals surface area contributed by atoms with E-state index in [1.807, 2.05) is 13.8 Å². The number of hydrogen-bond donors (Lipinski definition) is 1. The summed E-state index contributed by atoms with van der Waals surface area (Å²) in [6, 6.07) is 7.94. The van der Waals surface area contributed by atoms with E-state index in [0.29, 0.717) is 11.2 Å². The minimum Gasteiger partial charge on any atom is -0.484 e. The number of nitrogens with one attached hydrogen (secondary N) is 1. The molecule has 3 aromatic rings. The Balaban J connectivity index is 1.60. The number of amides is 1. The maximum atomic E-state index is 12.4. The van der Waals surface area contributed by atoms with E-state index >= 15 is 0 Å². The van der Waals surface area contributed by atoms with Gasteiger partial charge < -0.3 is 10.1 Å². The Bertz CT molecular complexity index is 965. The van der Waals surface area contributed by atoms with Gasteiger partial charge in [-0.1, -0.05) is 12.1 Å². The number of hydrogen-bond acceptors (Lipinski definition) is 4. The molecule has 1 aromatic carbocycles. The van der Waals surface area contributed by atoms with Gasteiger partial charge in [-0.2, -0.15) is 18.3 Å². The van der Waals surface area contributed by atoms with E-state index in [4.69, 9.17) is 0 Å². The Morgan fingerprint density at radius 1 is 1.21 bits per heavy atom. The lowest BCUT2D eigenvalue weighted by atomic mass is 10.2. The number of fused-ring (bicyclic) bond motifs is 1. The van der Waals surface area contributed by atoms with E-state index in [-0.39, 0.29) is 24.2 Å². The second-order valence-corrected chi connectivity index (χ2v) is 6.55. The van der Waals surface area contributed by atoms with Gasteiger partial charge in [0.15, 0.2) is 12.3 Å². The van der Waals surface area contributed by atoms with Crippen LogP contribution in [0.4, 0.5) is 13.2 Å². The first kappa shape index (κ1) is 19.7. The molecule has 3 rings (SSSR count). The van der Waals surface area contributed by atoms with Crippen LogP contribution in [0.3, 0.4) is 0 Å². The first-order chi connectivity index (χ1) is 13.2. The van der Waals surface area contributed by atoms with Gasteiger partial charge in [-0.3, -0.25) is 4.79 Å². The molecular formula is C19H19F3N4O2. The van der Waals surface area contributed by atoms with Crippen molar-refractivity contribution in [2.45, 2.75) is 32.6 Å². The Morgan fingerprint density at radius 2 is 1.93 bits per heavy atom. The van der Waals surface area contributed by atoms with Crippen LogP contribution in [-0.2, 0) is 6.54 Å². The van der Waals surface area contributed by atoms with Crippen molar-refractivity contribution in [1.29, 1.82) is 0 Å². The van der Waals surface area contributed by atoms with Crippen LogP contribution >= 0.6 is 0 Å². The van der Waals surface area contributed by atoms with Gasteiger partial charge >= 0.3 is 6.18 Å². The monoisotopic (exact) mass is 392 g/mol. The summed E-state index contributed by atoms with van der Waals surface area (Å²) in [5, 5.41) is 7.80. The quantitative estimate of drug-likeness (QED) is 0.691. The normalized spacial score (nSPS) is 11.8. The maximum absolute atomic E-state index is 12.4. The first-order valence-electron chi connectivity index (χ1n) is 8.63. The van der Waals surface area contributed by atoms with Gasteiger partial charge in [0.05, 0.1) is 11.8 Å². The van der Waals surface area contributed by atoms with Crippen molar-refractivity contribution in [2.24, 2.45) is 0 Å². The molecule has 6 nitrogen and oxygen atoms in total. The summed E-state index contributed by atoms with van der Waals surface area (Å²) in [6.45, 7) is 2.87. The lowest BCUT2D eigenvalue weighted by molar-refractivity contribution is -0.153. The summed E-state index contributed by atoms with van der Waals surface area (Å²) >= 11 is 0. The molecule has 2 heterocycles. The third-order valence-electron chi connectivity index (χ3n) is 3.96. The van der Waals surface area contributed by atoms with Crippen molar-refractivity contribution in [3.63, 3.8) is 0 Å². The molecule has 0 saturated heterocycles. The molecule has 0 atom stereocenters. The standard InChI is InChI=1S/C19H19F3N4O2/c1-12(2)26-17-14(10-25-26)7-15(9-23-17)18(27)24-8-13-3-5-16(6-4-13)28-11-19(20,21)22/h3-7,9-10,12H,8,11H2,1-2H3,(H,24,27). The second-order valence-electron chi connectivity index (χ2n) is 6.55. The van der Waals surface area contributed by atoms with Gasteiger partial charge in [-0.25, -0.2) is 9.67 Å². The molecule has 0 aliphatic rings. The first-order valence-corrected chi connectivity index (χ1v) is 8.63. The Morgan fingerprint density at radius 3 is 2.57 bits per heavy atom. The summed E-state index contributed by atoms with van der Waals surface area (Å²) in [5.41, 5.74) is 1.84. The van der Waals surface area contributed by atoms with Crippen LogP contribution in [0.25, 0.3) is 11.0 Å². The number of carbonyl (C=O) groups excluding carboxylic acids is 1. The zero-order valence-corrected chi connectivity index (χ0v) is 15.3. The van der Waals surface area contributed by atoms with Crippen LogP contribution in [0.2, 0.25) is 0 Å². The molecule has 0 unspecified atom stereocenters. The molecule has 1 N–H and O–H groups in total. The summed E-state index contributed by atoms with van der Waals surface area (Å²) in [4.78, 5) is 16.7. The number of aromatic nitrogens is 3. The number of ether oxygens (including phenoxy) is 1. The number of nitrogens with zero attached hydrogens (tertiary/aromatic N) is 3. The van der Waals surface area contributed by atoms with E-state index in [1.54, 1.807) is 29.1 Å². The van der Waals surface area contributed by atoms with Crippen molar-refractivity contribution in [3.8, 4) is 5.75 Å². The fraction of sp³-hybridized carbons (Fsp3) is 0.316. The number of rotatable bonds is 6. The van der Waals surface area contributed by atoms with Crippen LogP contribution in [0.1, 0.15) is 35.8 Å².